The van der Waals surface area contributed by atoms with Crippen LogP contribution in [0, 0.1) is 5.92 Å². The van der Waals surface area contributed by atoms with Crippen LogP contribution >= 0.6 is 0 Å². The van der Waals surface area contributed by atoms with Crippen LogP contribution < -0.4 is 4.74 Å². The fourth-order valence-electron chi connectivity index (χ4n) is 2.20. The molecule has 76 valence electrons. The Morgan fingerprint density at radius 2 is 2.20 bits per heavy atom. The van der Waals surface area contributed by atoms with Crippen LogP contribution in [-0.4, -0.2) is 18.9 Å². The predicted molar refractivity (Wildman–Crippen MR) is 60.6 cm³/mol. The Balaban J connectivity index is 1.96. The molecule has 0 N–H and O–H groups in total. The number of fused-ring (bicyclic) bond motifs is 2. The second-order valence-corrected chi connectivity index (χ2v) is 4.04. The third-order valence-electron chi connectivity index (χ3n) is 3.05. The third-order valence-corrected chi connectivity index (χ3v) is 3.05. The number of benzene rings is 1. The minimum absolute atomic E-state index is 0.294. The van der Waals surface area contributed by atoms with Crippen molar-refractivity contribution in [1.29, 1.82) is 0 Å². The molecule has 2 atom stereocenters. The molecule has 0 aliphatic carbocycles. The number of hydrogen-bond acceptors (Lipinski definition) is 2. The summed E-state index contributed by atoms with van der Waals surface area (Å²) < 4.78 is 5.77. The van der Waals surface area contributed by atoms with Crippen LogP contribution in [0.1, 0.15) is 5.56 Å². The molecule has 0 saturated heterocycles. The quantitative estimate of drug-likeness (QED) is 0.628. The molecule has 0 fully saturated rings. The van der Waals surface area contributed by atoms with Crippen molar-refractivity contribution in [1.82, 2.24) is 0 Å². The summed E-state index contributed by atoms with van der Waals surface area (Å²) in [5.74, 6) is 1.52. The molecular formula is C13H13NO. The van der Waals surface area contributed by atoms with E-state index in [0.717, 1.165) is 12.2 Å². The van der Waals surface area contributed by atoms with Crippen molar-refractivity contribution in [3.63, 3.8) is 0 Å². The molecule has 2 aliphatic heterocycles. The van der Waals surface area contributed by atoms with Crippen molar-refractivity contribution in [2.24, 2.45) is 10.9 Å². The van der Waals surface area contributed by atoms with Gasteiger partial charge in [-0.3, -0.25) is 4.99 Å². The average Bonchev–Trinajstić information content (AvgIpc) is 2.48. The first-order valence-electron chi connectivity index (χ1n) is 5.34. The van der Waals surface area contributed by atoms with Crippen LogP contribution in [0.15, 0.2) is 41.4 Å². The molecule has 2 unspecified atom stereocenters. The van der Waals surface area contributed by atoms with E-state index < -0.39 is 0 Å². The maximum absolute atomic E-state index is 5.77. The van der Waals surface area contributed by atoms with Crippen molar-refractivity contribution in [2.75, 3.05) is 6.61 Å². The van der Waals surface area contributed by atoms with E-state index in [-0.39, 0.29) is 0 Å². The summed E-state index contributed by atoms with van der Waals surface area (Å²) in [5.41, 5.74) is 1.30. The summed E-state index contributed by atoms with van der Waals surface area (Å²) in [6.07, 6.45) is 7.19. The van der Waals surface area contributed by atoms with Crippen molar-refractivity contribution in [3.8, 4) is 5.75 Å². The van der Waals surface area contributed by atoms with Crippen LogP contribution in [0.4, 0.5) is 0 Å². The van der Waals surface area contributed by atoms with Gasteiger partial charge in [0.1, 0.15) is 12.4 Å². The zero-order chi connectivity index (χ0) is 10.1. The van der Waals surface area contributed by atoms with E-state index in [2.05, 4.69) is 23.2 Å². The minimum Gasteiger partial charge on any atom is -0.491 e. The highest BCUT2D eigenvalue weighted by atomic mass is 16.5. The Bertz CT molecular complexity index is 422. The highest BCUT2D eigenvalue weighted by Gasteiger charge is 2.25. The molecule has 3 rings (SSSR count). The monoisotopic (exact) mass is 199 g/mol. The number of hydrogen-bond donors (Lipinski definition) is 0. The molecule has 1 aromatic rings. The van der Waals surface area contributed by atoms with E-state index in [0.29, 0.717) is 18.6 Å². The molecule has 2 heterocycles. The molecule has 0 amide bonds. The Kier molecular flexibility index (Phi) is 2.05. The van der Waals surface area contributed by atoms with Crippen LogP contribution in [0.5, 0.6) is 5.75 Å². The Labute approximate surface area is 89.3 Å². The van der Waals surface area contributed by atoms with Gasteiger partial charge in [-0.2, -0.15) is 0 Å². The second-order valence-electron chi connectivity index (χ2n) is 4.04. The lowest BCUT2D eigenvalue weighted by molar-refractivity contribution is 0.278. The normalized spacial score (nSPS) is 27.5. The molecular weight excluding hydrogens is 186 g/mol. The molecule has 0 aromatic heterocycles. The van der Waals surface area contributed by atoms with E-state index in [1.807, 2.05) is 24.4 Å². The number of allylic oxidation sites excluding steroid dienone is 1. The van der Waals surface area contributed by atoms with Gasteiger partial charge in [-0.15, -0.1) is 0 Å². The SMILES string of the molecule is C1=CC2Cc3ccccc3OCC2N=C1. The third kappa shape index (κ3) is 1.56. The minimum atomic E-state index is 0.294. The van der Waals surface area contributed by atoms with Crippen LogP contribution in [0.2, 0.25) is 0 Å². The van der Waals surface area contributed by atoms with E-state index >= 15 is 0 Å². The van der Waals surface area contributed by atoms with Crippen LogP contribution in [-0.2, 0) is 6.42 Å². The van der Waals surface area contributed by atoms with Crippen molar-refractivity contribution >= 4 is 6.21 Å². The first-order valence-corrected chi connectivity index (χ1v) is 5.34. The maximum atomic E-state index is 5.77. The van der Waals surface area contributed by atoms with Gasteiger partial charge >= 0.3 is 0 Å². The number of dihydropyridines is 1. The Morgan fingerprint density at radius 1 is 1.27 bits per heavy atom. The molecule has 0 saturated carbocycles. The largest absolute Gasteiger partial charge is 0.491 e. The van der Waals surface area contributed by atoms with Gasteiger partial charge in [0.25, 0.3) is 0 Å². The second kappa shape index (κ2) is 3.54. The molecule has 2 heteroatoms. The summed E-state index contributed by atoms with van der Waals surface area (Å²) >= 11 is 0. The van der Waals surface area contributed by atoms with Crippen molar-refractivity contribution in [3.05, 3.63) is 42.0 Å². The lowest BCUT2D eigenvalue weighted by atomic mass is 9.92. The van der Waals surface area contributed by atoms with Gasteiger partial charge in [0.2, 0.25) is 0 Å². The maximum Gasteiger partial charge on any atom is 0.122 e. The highest BCUT2D eigenvalue weighted by Crippen LogP contribution is 2.29. The molecule has 0 bridgehead atoms. The first-order chi connectivity index (χ1) is 7.43. The van der Waals surface area contributed by atoms with Gasteiger partial charge in [-0.05, 0) is 24.1 Å². The van der Waals surface area contributed by atoms with Crippen molar-refractivity contribution < 1.29 is 4.74 Å². The summed E-state index contributed by atoms with van der Waals surface area (Å²) in [5, 5.41) is 0. The van der Waals surface area contributed by atoms with Gasteiger partial charge in [-0.1, -0.05) is 24.3 Å². The van der Waals surface area contributed by atoms with E-state index in [1.165, 1.54) is 5.56 Å². The fourth-order valence-corrected chi connectivity index (χ4v) is 2.20. The predicted octanol–water partition coefficient (Wildman–Crippen LogP) is 2.25. The number of ether oxygens (including phenoxy) is 1. The number of rotatable bonds is 0. The molecule has 15 heavy (non-hydrogen) atoms. The summed E-state index contributed by atoms with van der Waals surface area (Å²) in [6, 6.07) is 8.57. The molecule has 1 aromatic carbocycles. The molecule has 2 nitrogen and oxygen atoms in total. The highest BCUT2D eigenvalue weighted by molar-refractivity contribution is 5.72. The zero-order valence-electron chi connectivity index (χ0n) is 8.47. The van der Waals surface area contributed by atoms with Gasteiger partial charge in [0, 0.05) is 12.1 Å². The topological polar surface area (TPSA) is 21.6 Å². The molecule has 0 spiro atoms. The lowest BCUT2D eigenvalue weighted by Crippen LogP contribution is -2.25. The van der Waals surface area contributed by atoms with Crippen LogP contribution in [0.25, 0.3) is 0 Å². The lowest BCUT2D eigenvalue weighted by Gasteiger charge is -2.19. The Morgan fingerprint density at radius 3 is 3.20 bits per heavy atom. The number of aliphatic imine (C=N–C) groups is 1. The standard InChI is InChI=1S/C13H13NO/c1-2-6-13-11(4-1)8-10-5-3-7-14-12(10)9-15-13/h1-7,10,12H,8-9H2. The van der Waals surface area contributed by atoms with E-state index in [4.69, 9.17) is 4.74 Å². The van der Waals surface area contributed by atoms with Gasteiger partial charge in [-0.25, -0.2) is 0 Å². The fraction of sp³-hybridized carbons (Fsp3) is 0.308. The van der Waals surface area contributed by atoms with E-state index in [9.17, 15) is 0 Å². The Hall–Kier alpha value is -1.57. The zero-order valence-corrected chi connectivity index (χ0v) is 8.47. The first kappa shape index (κ1) is 8.72. The van der Waals surface area contributed by atoms with E-state index in [1.54, 1.807) is 0 Å². The van der Waals surface area contributed by atoms with Gasteiger partial charge in [0.15, 0.2) is 0 Å². The smallest absolute Gasteiger partial charge is 0.122 e. The van der Waals surface area contributed by atoms with Crippen molar-refractivity contribution in [2.45, 2.75) is 12.5 Å². The average molecular weight is 199 g/mol. The van der Waals surface area contributed by atoms with Crippen LogP contribution in [0.3, 0.4) is 0 Å². The summed E-state index contributed by atoms with van der Waals surface area (Å²) in [6.45, 7) is 0.697. The number of para-hydroxylation sites is 1. The molecule has 2 aliphatic rings. The van der Waals surface area contributed by atoms with Gasteiger partial charge in [0.05, 0.1) is 6.04 Å². The summed E-state index contributed by atoms with van der Waals surface area (Å²) in [4.78, 5) is 4.46. The molecule has 0 radical (unpaired) electrons. The number of nitrogens with zero attached hydrogens (tertiary/aromatic N) is 1. The summed E-state index contributed by atoms with van der Waals surface area (Å²) in [7, 11) is 0. The van der Waals surface area contributed by atoms with Gasteiger partial charge < -0.3 is 4.74 Å².